The van der Waals surface area contributed by atoms with Crippen LogP contribution in [-0.2, 0) is 4.79 Å². The van der Waals surface area contributed by atoms with Gasteiger partial charge in [-0.05, 0) is 6.07 Å². The predicted molar refractivity (Wildman–Crippen MR) is 50.8 cm³/mol. The highest BCUT2D eigenvalue weighted by atomic mass is 35.5. The number of aliphatic carboxylic acids is 1. The zero-order chi connectivity index (χ0) is 9.14. The summed E-state index contributed by atoms with van der Waals surface area (Å²) in [6, 6.07) is 1.62. The van der Waals surface area contributed by atoms with Crippen LogP contribution in [0.25, 0.3) is 5.03 Å². The Morgan fingerprint density at radius 3 is 2.75 bits per heavy atom. The van der Waals surface area contributed by atoms with Crippen LogP contribution in [0.3, 0.4) is 0 Å². The second-order valence-corrected chi connectivity index (χ2v) is 3.92. The van der Waals surface area contributed by atoms with E-state index < -0.39 is 5.97 Å². The molecule has 0 aromatic carbocycles. The first-order valence-electron chi connectivity index (χ1n) is 2.94. The zero-order valence-corrected chi connectivity index (χ0v) is 8.08. The fourth-order valence-electron chi connectivity index (χ4n) is 0.627. The van der Waals surface area contributed by atoms with Crippen molar-refractivity contribution in [1.82, 2.24) is 0 Å². The van der Waals surface area contributed by atoms with Gasteiger partial charge in [0, 0.05) is 17.0 Å². The van der Waals surface area contributed by atoms with Crippen molar-refractivity contribution in [3.05, 3.63) is 27.4 Å². The van der Waals surface area contributed by atoms with Crippen LogP contribution in [0.5, 0.6) is 0 Å². The van der Waals surface area contributed by atoms with Crippen LogP contribution in [0.1, 0.15) is 5.56 Å². The van der Waals surface area contributed by atoms with Crippen LogP contribution >= 0.6 is 34.5 Å². The minimum atomic E-state index is -1.07. The van der Waals surface area contributed by atoms with E-state index in [0.717, 1.165) is 6.08 Å². The average Bonchev–Trinajstić information content (AvgIpc) is 2.34. The number of carboxylic acids is 1. The molecular formula is C7H4Cl2O2S. The molecule has 0 aliphatic carbocycles. The number of hydrogen-bond donors (Lipinski definition) is 1. The van der Waals surface area contributed by atoms with Gasteiger partial charge in [-0.25, -0.2) is 4.79 Å². The Hall–Kier alpha value is -0.510. The highest BCUT2D eigenvalue weighted by Gasteiger charge is 2.02. The van der Waals surface area contributed by atoms with Crippen molar-refractivity contribution in [1.29, 1.82) is 0 Å². The van der Waals surface area contributed by atoms with E-state index in [4.69, 9.17) is 28.3 Å². The van der Waals surface area contributed by atoms with E-state index in [0.29, 0.717) is 9.90 Å². The summed E-state index contributed by atoms with van der Waals surface area (Å²) in [5, 5.41) is 10.2. The second kappa shape index (κ2) is 3.94. The van der Waals surface area contributed by atoms with E-state index in [1.165, 1.54) is 11.3 Å². The number of carbonyl (C=O) groups is 1. The van der Waals surface area contributed by atoms with Gasteiger partial charge in [0.1, 0.15) is 0 Å². The molecular weight excluding hydrogens is 219 g/mol. The summed E-state index contributed by atoms with van der Waals surface area (Å²) in [4.78, 5) is 10.2. The van der Waals surface area contributed by atoms with E-state index in [2.05, 4.69) is 0 Å². The number of thiophene rings is 1. The van der Waals surface area contributed by atoms with Gasteiger partial charge in [-0.1, -0.05) is 23.2 Å². The minimum absolute atomic E-state index is 0.186. The van der Waals surface area contributed by atoms with Crippen molar-refractivity contribution < 1.29 is 9.90 Å². The molecule has 0 radical (unpaired) electrons. The lowest BCUT2D eigenvalue weighted by atomic mass is 10.3. The summed E-state index contributed by atoms with van der Waals surface area (Å²) in [6.07, 6.45) is 0.930. The molecule has 0 saturated heterocycles. The van der Waals surface area contributed by atoms with Crippen LogP contribution < -0.4 is 0 Å². The molecule has 2 nitrogen and oxygen atoms in total. The molecule has 1 rings (SSSR count). The molecule has 0 atom stereocenters. The smallest absolute Gasteiger partial charge is 0.329 e. The summed E-state index contributed by atoms with van der Waals surface area (Å²) in [5.41, 5.74) is 0.633. The van der Waals surface area contributed by atoms with Gasteiger partial charge >= 0.3 is 5.97 Å². The SMILES string of the molecule is O=C(O)/C=C(/Cl)c1csc(Cl)c1. The number of carboxylic acid groups (broad SMARTS) is 1. The fourth-order valence-corrected chi connectivity index (χ4v) is 1.77. The summed E-state index contributed by atoms with van der Waals surface area (Å²) in [5.74, 6) is -1.07. The molecule has 12 heavy (non-hydrogen) atoms. The van der Waals surface area contributed by atoms with Gasteiger partial charge in [0.25, 0.3) is 0 Å². The van der Waals surface area contributed by atoms with Gasteiger partial charge in [0.2, 0.25) is 0 Å². The quantitative estimate of drug-likeness (QED) is 0.782. The van der Waals surface area contributed by atoms with Crippen LogP contribution in [0, 0.1) is 0 Å². The molecule has 64 valence electrons. The van der Waals surface area contributed by atoms with Crippen molar-refractivity contribution in [2.45, 2.75) is 0 Å². The van der Waals surface area contributed by atoms with Crippen LogP contribution in [0.4, 0.5) is 0 Å². The lowest BCUT2D eigenvalue weighted by Gasteiger charge is -1.89. The standard InChI is InChI=1S/C7H4Cl2O2S/c8-5(2-7(10)11)4-1-6(9)12-3-4/h1-3H,(H,10,11)/b5-2+. The maximum Gasteiger partial charge on any atom is 0.329 e. The Balaban J connectivity index is 2.91. The van der Waals surface area contributed by atoms with Gasteiger partial charge in [-0.3, -0.25) is 0 Å². The number of halogens is 2. The monoisotopic (exact) mass is 222 g/mol. The first-order valence-corrected chi connectivity index (χ1v) is 4.57. The molecule has 0 saturated carbocycles. The van der Waals surface area contributed by atoms with Gasteiger partial charge in [-0.2, -0.15) is 0 Å². The molecule has 1 N–H and O–H groups in total. The molecule has 0 unspecified atom stereocenters. The van der Waals surface area contributed by atoms with Crippen LogP contribution in [0.15, 0.2) is 17.5 Å². The van der Waals surface area contributed by atoms with E-state index in [1.54, 1.807) is 11.4 Å². The predicted octanol–water partition coefficient (Wildman–Crippen LogP) is 3.07. The molecule has 0 amide bonds. The van der Waals surface area contributed by atoms with E-state index in [1.807, 2.05) is 0 Å². The first-order chi connectivity index (χ1) is 5.59. The number of hydrogen-bond acceptors (Lipinski definition) is 2. The Labute approximate surface area is 83.0 Å². The van der Waals surface area contributed by atoms with E-state index in [-0.39, 0.29) is 5.03 Å². The summed E-state index contributed by atoms with van der Waals surface area (Å²) >= 11 is 12.6. The van der Waals surface area contributed by atoms with Crippen molar-refractivity contribution in [2.24, 2.45) is 0 Å². The van der Waals surface area contributed by atoms with Crippen molar-refractivity contribution in [3.63, 3.8) is 0 Å². The lowest BCUT2D eigenvalue weighted by molar-refractivity contribution is -0.131. The molecule has 0 aliphatic rings. The van der Waals surface area contributed by atoms with Crippen LogP contribution in [-0.4, -0.2) is 11.1 Å². The Bertz CT molecular complexity index is 330. The van der Waals surface area contributed by atoms with Gasteiger partial charge in [0.05, 0.1) is 9.37 Å². The summed E-state index contributed by atoms with van der Waals surface area (Å²) < 4.78 is 0.585. The van der Waals surface area contributed by atoms with Crippen molar-refractivity contribution in [2.75, 3.05) is 0 Å². The van der Waals surface area contributed by atoms with E-state index in [9.17, 15) is 4.79 Å². The molecule has 0 bridgehead atoms. The van der Waals surface area contributed by atoms with Crippen LogP contribution in [0.2, 0.25) is 4.34 Å². The van der Waals surface area contributed by atoms with Crippen molar-refractivity contribution >= 4 is 45.5 Å². The minimum Gasteiger partial charge on any atom is -0.478 e. The third-order valence-electron chi connectivity index (χ3n) is 1.09. The fraction of sp³-hybridized carbons (Fsp3) is 0. The summed E-state index contributed by atoms with van der Waals surface area (Å²) in [7, 11) is 0. The Morgan fingerprint density at radius 2 is 2.33 bits per heavy atom. The molecule has 5 heteroatoms. The molecule has 0 spiro atoms. The third kappa shape index (κ3) is 2.52. The molecule has 0 fully saturated rings. The normalized spacial score (nSPS) is 11.7. The molecule has 0 aliphatic heterocycles. The Kier molecular flexibility index (Phi) is 3.14. The maximum atomic E-state index is 10.2. The zero-order valence-electron chi connectivity index (χ0n) is 5.75. The molecule has 1 aromatic heterocycles. The first kappa shape index (κ1) is 9.58. The topological polar surface area (TPSA) is 37.3 Å². The highest BCUT2D eigenvalue weighted by Crippen LogP contribution is 2.27. The van der Waals surface area contributed by atoms with Crippen molar-refractivity contribution in [3.8, 4) is 0 Å². The molecule has 1 heterocycles. The van der Waals surface area contributed by atoms with E-state index >= 15 is 0 Å². The average molecular weight is 223 g/mol. The van der Waals surface area contributed by atoms with Gasteiger partial charge in [0.15, 0.2) is 0 Å². The number of rotatable bonds is 2. The third-order valence-corrected chi connectivity index (χ3v) is 2.51. The molecule has 1 aromatic rings. The van der Waals surface area contributed by atoms with Gasteiger partial charge in [-0.15, -0.1) is 11.3 Å². The Morgan fingerprint density at radius 1 is 1.67 bits per heavy atom. The lowest BCUT2D eigenvalue weighted by Crippen LogP contribution is -1.87. The second-order valence-electron chi connectivity index (χ2n) is 1.97. The highest BCUT2D eigenvalue weighted by molar-refractivity contribution is 7.14. The summed E-state index contributed by atoms with van der Waals surface area (Å²) in [6.45, 7) is 0. The maximum absolute atomic E-state index is 10.2. The van der Waals surface area contributed by atoms with Gasteiger partial charge < -0.3 is 5.11 Å². The largest absolute Gasteiger partial charge is 0.478 e.